The third kappa shape index (κ3) is 7.60. The van der Waals surface area contributed by atoms with Crippen LogP contribution in [-0.4, -0.2) is 40.0 Å². The Bertz CT molecular complexity index is 1510. The molecular formula is C35H39N5O4. The molecule has 0 aliphatic heterocycles. The van der Waals surface area contributed by atoms with E-state index in [1.807, 2.05) is 85.8 Å². The van der Waals surface area contributed by atoms with Crippen LogP contribution in [0, 0.1) is 0 Å². The van der Waals surface area contributed by atoms with E-state index in [4.69, 9.17) is 4.74 Å². The zero-order valence-corrected chi connectivity index (χ0v) is 24.9. The van der Waals surface area contributed by atoms with Gasteiger partial charge in [0.1, 0.15) is 6.61 Å². The van der Waals surface area contributed by atoms with Crippen molar-refractivity contribution in [2.45, 2.75) is 62.8 Å². The number of nitrogens with one attached hydrogen (secondary N) is 4. The highest BCUT2D eigenvalue weighted by Crippen LogP contribution is 2.43. The monoisotopic (exact) mass is 593 g/mol. The molecule has 1 fully saturated rings. The maximum absolute atomic E-state index is 14.2. The summed E-state index contributed by atoms with van der Waals surface area (Å²) in [6, 6.07) is 28.7. The number of hydrogen-bond acceptors (Lipinski definition) is 6. The minimum Gasteiger partial charge on any atom is -0.445 e. The number of nitrogens with zero attached hydrogens (tertiary/aromatic N) is 1. The zero-order valence-electron chi connectivity index (χ0n) is 24.9. The van der Waals surface area contributed by atoms with Crippen molar-refractivity contribution in [2.75, 3.05) is 6.54 Å². The second kappa shape index (κ2) is 14.1. The summed E-state index contributed by atoms with van der Waals surface area (Å²) < 4.78 is 5.54. The van der Waals surface area contributed by atoms with Crippen LogP contribution in [0.3, 0.4) is 0 Å². The Morgan fingerprint density at radius 2 is 1.61 bits per heavy atom. The van der Waals surface area contributed by atoms with E-state index in [1.54, 1.807) is 6.20 Å². The number of ether oxygens (including phenoxy) is 1. The van der Waals surface area contributed by atoms with Crippen LogP contribution in [0.25, 0.3) is 0 Å². The van der Waals surface area contributed by atoms with E-state index in [9.17, 15) is 14.4 Å². The molecule has 9 nitrogen and oxygen atoms in total. The molecule has 1 aliphatic rings. The average molecular weight is 594 g/mol. The lowest BCUT2D eigenvalue weighted by Crippen LogP contribution is -2.66. The molecule has 0 spiro atoms. The molecule has 1 aliphatic carbocycles. The van der Waals surface area contributed by atoms with Gasteiger partial charge in [0, 0.05) is 30.6 Å². The fourth-order valence-electron chi connectivity index (χ4n) is 5.76. The van der Waals surface area contributed by atoms with Crippen LogP contribution in [0.2, 0.25) is 0 Å². The van der Waals surface area contributed by atoms with Gasteiger partial charge >= 0.3 is 6.09 Å². The smallest absolute Gasteiger partial charge is 0.409 e. The van der Waals surface area contributed by atoms with Gasteiger partial charge in [-0.3, -0.25) is 20.2 Å². The number of ketones is 1. The Balaban J connectivity index is 1.36. The predicted molar refractivity (Wildman–Crippen MR) is 167 cm³/mol. The summed E-state index contributed by atoms with van der Waals surface area (Å²) in [5.41, 5.74) is 1.61. The van der Waals surface area contributed by atoms with Gasteiger partial charge in [-0.25, -0.2) is 9.78 Å². The third-order valence-corrected chi connectivity index (χ3v) is 8.41. The standard InChI is InChI=1S/C35H39N5O4/c1-26(28-14-7-3-8-15-28)39-35(21-30-22-36-25-38-30,40-33(43)44-23-27-12-5-2-6-13-27)31(41)20-32(42)37-24-34(18-11-19-34)29-16-9-4-10-17-29/h2-10,12-17,22,25-26,39H,11,18-21,23-24H2,1H3,(H,36,38)(H,37,42)(H,40,43)/t26-,35+/m1/s1. The number of amides is 2. The first-order valence-corrected chi connectivity index (χ1v) is 15.0. The lowest BCUT2D eigenvalue weighted by atomic mass is 9.64. The number of imidazole rings is 1. The summed E-state index contributed by atoms with van der Waals surface area (Å²) in [7, 11) is 0. The Hall–Kier alpha value is -4.76. The highest BCUT2D eigenvalue weighted by atomic mass is 16.5. The summed E-state index contributed by atoms with van der Waals surface area (Å²) in [6.45, 7) is 2.37. The maximum Gasteiger partial charge on any atom is 0.409 e. The van der Waals surface area contributed by atoms with Crippen LogP contribution in [0.15, 0.2) is 104 Å². The van der Waals surface area contributed by atoms with Crippen molar-refractivity contribution >= 4 is 17.8 Å². The number of carbonyl (C=O) groups is 3. The van der Waals surface area contributed by atoms with E-state index < -0.39 is 29.9 Å². The first kappa shape index (κ1) is 30.7. The molecule has 5 rings (SSSR count). The van der Waals surface area contributed by atoms with Crippen molar-refractivity contribution in [1.82, 2.24) is 25.9 Å². The van der Waals surface area contributed by atoms with E-state index in [2.05, 4.69) is 38.1 Å². The quantitative estimate of drug-likeness (QED) is 0.119. The van der Waals surface area contributed by atoms with E-state index in [-0.39, 0.29) is 24.5 Å². The summed E-state index contributed by atoms with van der Waals surface area (Å²) in [4.78, 5) is 48.1. The number of aromatic amines is 1. The van der Waals surface area contributed by atoms with Crippen molar-refractivity contribution in [2.24, 2.45) is 0 Å². The van der Waals surface area contributed by atoms with Crippen LogP contribution in [0.4, 0.5) is 4.79 Å². The molecule has 0 saturated heterocycles. The first-order chi connectivity index (χ1) is 21.4. The van der Waals surface area contributed by atoms with Gasteiger partial charge in [0.25, 0.3) is 0 Å². The van der Waals surface area contributed by atoms with Gasteiger partial charge in [0.2, 0.25) is 5.91 Å². The number of aromatic nitrogens is 2. The highest BCUT2D eigenvalue weighted by Gasteiger charge is 2.44. The molecule has 1 heterocycles. The van der Waals surface area contributed by atoms with Gasteiger partial charge in [-0.15, -0.1) is 0 Å². The third-order valence-electron chi connectivity index (χ3n) is 8.41. The SMILES string of the molecule is C[C@@H](N[C@@](Cc1c[nH]cn1)(NC(=O)OCc1ccccc1)C(=O)CC(=O)NCC1(c2ccccc2)CCC1)c1ccccc1. The molecule has 228 valence electrons. The van der Waals surface area contributed by atoms with Crippen LogP contribution in [0.1, 0.15) is 61.0 Å². The van der Waals surface area contributed by atoms with Crippen molar-refractivity contribution in [3.63, 3.8) is 0 Å². The number of alkyl carbamates (subject to hydrolysis) is 1. The van der Waals surface area contributed by atoms with Gasteiger partial charge in [-0.2, -0.15) is 0 Å². The molecule has 1 aromatic heterocycles. The molecule has 2 atom stereocenters. The minimum atomic E-state index is -1.69. The zero-order chi connectivity index (χ0) is 30.8. The maximum atomic E-state index is 14.2. The van der Waals surface area contributed by atoms with Gasteiger partial charge in [-0.1, -0.05) is 97.4 Å². The largest absolute Gasteiger partial charge is 0.445 e. The lowest BCUT2D eigenvalue weighted by molar-refractivity contribution is -0.133. The number of rotatable bonds is 14. The molecule has 0 unspecified atom stereocenters. The molecule has 0 bridgehead atoms. The molecule has 44 heavy (non-hydrogen) atoms. The Kier molecular flexibility index (Phi) is 9.86. The van der Waals surface area contributed by atoms with Crippen molar-refractivity contribution in [3.8, 4) is 0 Å². The summed E-state index contributed by atoms with van der Waals surface area (Å²) in [5.74, 6) is -0.906. The Morgan fingerprint density at radius 1 is 0.955 bits per heavy atom. The Labute approximate surface area is 257 Å². The van der Waals surface area contributed by atoms with Crippen LogP contribution < -0.4 is 16.0 Å². The Morgan fingerprint density at radius 3 is 2.23 bits per heavy atom. The minimum absolute atomic E-state index is 0.00578. The van der Waals surface area contributed by atoms with E-state index in [1.165, 1.54) is 11.9 Å². The summed E-state index contributed by atoms with van der Waals surface area (Å²) in [6.07, 6.45) is 4.97. The number of benzene rings is 3. The topological polar surface area (TPSA) is 125 Å². The second-order valence-electron chi connectivity index (χ2n) is 11.5. The molecule has 1 saturated carbocycles. The van der Waals surface area contributed by atoms with Crippen molar-refractivity contribution in [3.05, 3.63) is 126 Å². The highest BCUT2D eigenvalue weighted by molar-refractivity contribution is 6.04. The average Bonchev–Trinajstić information content (AvgIpc) is 3.53. The van der Waals surface area contributed by atoms with Crippen LogP contribution in [-0.2, 0) is 32.8 Å². The number of H-pyrrole nitrogens is 1. The van der Waals surface area contributed by atoms with E-state index >= 15 is 0 Å². The normalized spacial score (nSPS) is 15.7. The number of carbonyl (C=O) groups excluding carboxylic acids is 3. The molecule has 3 aromatic carbocycles. The summed E-state index contributed by atoms with van der Waals surface area (Å²) >= 11 is 0. The number of Topliss-reactive ketones (excluding diaryl/α,β-unsaturated/α-hetero) is 1. The fourth-order valence-corrected chi connectivity index (χ4v) is 5.76. The lowest BCUT2D eigenvalue weighted by Gasteiger charge is -2.42. The van der Waals surface area contributed by atoms with Crippen molar-refractivity contribution in [1.29, 1.82) is 0 Å². The molecule has 2 amide bonds. The van der Waals surface area contributed by atoms with Crippen LogP contribution >= 0.6 is 0 Å². The number of hydrogen-bond donors (Lipinski definition) is 4. The molecule has 9 heteroatoms. The van der Waals surface area contributed by atoms with E-state index in [0.717, 1.165) is 30.4 Å². The molecule has 0 radical (unpaired) electrons. The summed E-state index contributed by atoms with van der Waals surface area (Å²) in [5, 5.41) is 9.17. The molecule has 4 aromatic rings. The fraction of sp³-hybridized carbons (Fsp3) is 0.314. The van der Waals surface area contributed by atoms with E-state index in [0.29, 0.717) is 12.2 Å². The van der Waals surface area contributed by atoms with Gasteiger partial charge in [0.15, 0.2) is 11.4 Å². The first-order valence-electron chi connectivity index (χ1n) is 15.0. The predicted octanol–water partition coefficient (Wildman–Crippen LogP) is 5.12. The van der Waals surface area contributed by atoms with Crippen molar-refractivity contribution < 1.29 is 19.1 Å². The van der Waals surface area contributed by atoms with Gasteiger partial charge in [-0.05, 0) is 36.5 Å². The molecular weight excluding hydrogens is 554 g/mol. The van der Waals surface area contributed by atoms with Gasteiger partial charge < -0.3 is 15.0 Å². The van der Waals surface area contributed by atoms with Crippen LogP contribution in [0.5, 0.6) is 0 Å². The van der Waals surface area contributed by atoms with Gasteiger partial charge in [0.05, 0.1) is 18.4 Å². The molecule has 4 N–H and O–H groups in total. The second-order valence-corrected chi connectivity index (χ2v) is 11.5.